The van der Waals surface area contributed by atoms with Crippen LogP contribution in [0.4, 0.5) is 4.39 Å². The molecule has 0 aliphatic rings. The molecule has 0 bridgehead atoms. The van der Waals surface area contributed by atoms with E-state index in [0.717, 1.165) is 12.0 Å². The second-order valence-electron chi connectivity index (χ2n) is 5.09. The van der Waals surface area contributed by atoms with Gasteiger partial charge in [0.15, 0.2) is 0 Å². The monoisotopic (exact) mass is 269 g/mol. The summed E-state index contributed by atoms with van der Waals surface area (Å²) in [7, 11) is 0. The lowest BCUT2D eigenvalue weighted by molar-refractivity contribution is 0.134. The quantitative estimate of drug-likeness (QED) is 0.800. The first-order valence-corrected chi connectivity index (χ1v) is 6.81. The Morgan fingerprint density at radius 1 is 1.37 bits per heavy atom. The number of aliphatic hydroxyl groups is 1. The van der Waals surface area contributed by atoms with E-state index < -0.39 is 6.10 Å². The molecule has 0 fully saturated rings. The highest BCUT2D eigenvalue weighted by Gasteiger charge is 2.19. The smallest absolute Gasteiger partial charge is 0.123 e. The lowest BCUT2D eigenvalue weighted by Gasteiger charge is -2.21. The maximum absolute atomic E-state index is 13.4. The number of benzene rings is 1. The highest BCUT2D eigenvalue weighted by molar-refractivity contribution is 5.36. The van der Waals surface area contributed by atoms with Crippen molar-refractivity contribution in [2.45, 2.75) is 51.7 Å². The van der Waals surface area contributed by atoms with Crippen molar-refractivity contribution in [1.82, 2.24) is 0 Å². The van der Waals surface area contributed by atoms with Crippen molar-refractivity contribution in [3.8, 4) is 5.75 Å². The summed E-state index contributed by atoms with van der Waals surface area (Å²) in [6, 6.07) is 4.22. The van der Waals surface area contributed by atoms with Crippen molar-refractivity contribution in [2.75, 3.05) is 6.61 Å². The number of hydrogen-bond donors (Lipinski definition) is 2. The first kappa shape index (κ1) is 15.9. The van der Waals surface area contributed by atoms with E-state index in [9.17, 15) is 9.50 Å². The maximum atomic E-state index is 13.4. The van der Waals surface area contributed by atoms with Crippen LogP contribution >= 0.6 is 0 Å². The third-order valence-corrected chi connectivity index (χ3v) is 3.17. The highest BCUT2D eigenvalue weighted by atomic mass is 19.1. The molecule has 0 aliphatic heterocycles. The first-order valence-electron chi connectivity index (χ1n) is 6.81. The zero-order valence-electron chi connectivity index (χ0n) is 11.9. The summed E-state index contributed by atoms with van der Waals surface area (Å²) in [4.78, 5) is 0. The molecule has 0 saturated heterocycles. The van der Waals surface area contributed by atoms with Gasteiger partial charge in [-0.25, -0.2) is 4.39 Å². The van der Waals surface area contributed by atoms with Gasteiger partial charge in [0.2, 0.25) is 0 Å². The molecule has 0 saturated carbocycles. The fourth-order valence-corrected chi connectivity index (χ4v) is 1.95. The van der Waals surface area contributed by atoms with Crippen LogP contribution in [0.2, 0.25) is 0 Å². The minimum absolute atomic E-state index is 0.0106. The third-order valence-electron chi connectivity index (χ3n) is 3.17. The normalized spacial score (nSPS) is 15.9. The van der Waals surface area contributed by atoms with Gasteiger partial charge in [0.1, 0.15) is 11.6 Å². The Morgan fingerprint density at radius 2 is 2.05 bits per heavy atom. The van der Waals surface area contributed by atoms with Gasteiger partial charge in [-0.15, -0.1) is 0 Å². The van der Waals surface area contributed by atoms with Gasteiger partial charge >= 0.3 is 0 Å². The Hall–Kier alpha value is -1.13. The number of ether oxygens (including phenoxy) is 1. The fourth-order valence-electron chi connectivity index (χ4n) is 1.95. The zero-order valence-corrected chi connectivity index (χ0v) is 11.9. The standard InChI is InChI=1S/C15H24FNO2/c1-4-7-19-15-6-5-12(16)9-13(15)10(2)8-14(18)11(3)17/h5-6,9-11,14,18H,4,7-8,17H2,1-3H3. The lowest BCUT2D eigenvalue weighted by Crippen LogP contribution is -2.32. The van der Waals surface area contributed by atoms with Crippen LogP contribution in [0.25, 0.3) is 0 Å². The summed E-state index contributed by atoms with van der Waals surface area (Å²) in [6.07, 6.45) is 0.786. The van der Waals surface area contributed by atoms with Crippen molar-refractivity contribution in [3.63, 3.8) is 0 Å². The molecule has 0 radical (unpaired) electrons. The Bertz CT molecular complexity index is 396. The molecule has 1 aromatic carbocycles. The summed E-state index contributed by atoms with van der Waals surface area (Å²) in [5.74, 6) is 0.386. The Labute approximate surface area is 114 Å². The van der Waals surface area contributed by atoms with E-state index >= 15 is 0 Å². The van der Waals surface area contributed by atoms with Crippen molar-refractivity contribution < 1.29 is 14.2 Å². The minimum atomic E-state index is -0.600. The Balaban J connectivity index is 2.86. The molecule has 0 heterocycles. The Morgan fingerprint density at radius 3 is 2.63 bits per heavy atom. The number of aliphatic hydroxyl groups excluding tert-OH is 1. The molecule has 1 aromatic rings. The van der Waals surface area contributed by atoms with Crippen LogP contribution in [0, 0.1) is 5.82 Å². The van der Waals surface area contributed by atoms with Crippen LogP contribution in [0.3, 0.4) is 0 Å². The topological polar surface area (TPSA) is 55.5 Å². The maximum Gasteiger partial charge on any atom is 0.123 e. The molecule has 3 atom stereocenters. The first-order chi connectivity index (χ1) is 8.95. The van der Waals surface area contributed by atoms with Crippen LogP contribution in [0.1, 0.15) is 45.1 Å². The van der Waals surface area contributed by atoms with Gasteiger partial charge in [0.05, 0.1) is 12.7 Å². The summed E-state index contributed by atoms with van der Waals surface area (Å²) in [6.45, 7) is 6.32. The number of nitrogens with two attached hydrogens (primary N) is 1. The molecule has 3 nitrogen and oxygen atoms in total. The second-order valence-corrected chi connectivity index (χ2v) is 5.09. The van der Waals surface area contributed by atoms with Gasteiger partial charge in [-0.05, 0) is 49.4 Å². The van der Waals surface area contributed by atoms with E-state index in [0.29, 0.717) is 18.8 Å². The highest BCUT2D eigenvalue weighted by Crippen LogP contribution is 2.31. The average molecular weight is 269 g/mol. The largest absolute Gasteiger partial charge is 0.493 e. The van der Waals surface area contributed by atoms with Gasteiger partial charge in [0.25, 0.3) is 0 Å². The molecule has 1 rings (SSSR count). The molecule has 0 aliphatic carbocycles. The van der Waals surface area contributed by atoms with Gasteiger partial charge in [-0.3, -0.25) is 0 Å². The number of hydrogen-bond acceptors (Lipinski definition) is 3. The Kier molecular flexibility index (Phi) is 6.25. The third kappa shape index (κ3) is 4.80. The molecule has 4 heteroatoms. The molecule has 3 unspecified atom stereocenters. The molecular weight excluding hydrogens is 245 g/mol. The predicted molar refractivity (Wildman–Crippen MR) is 74.9 cm³/mol. The fraction of sp³-hybridized carbons (Fsp3) is 0.600. The molecule has 0 spiro atoms. The van der Waals surface area contributed by atoms with Crippen LogP contribution in [-0.2, 0) is 0 Å². The zero-order chi connectivity index (χ0) is 14.4. The summed E-state index contributed by atoms with van der Waals surface area (Å²) in [5, 5.41) is 9.83. The van der Waals surface area contributed by atoms with Crippen LogP contribution in [0.15, 0.2) is 18.2 Å². The van der Waals surface area contributed by atoms with Crippen LogP contribution in [-0.4, -0.2) is 23.9 Å². The number of rotatable bonds is 7. The SMILES string of the molecule is CCCOc1ccc(F)cc1C(C)CC(O)C(C)N. The second kappa shape index (κ2) is 7.46. The van der Waals surface area contributed by atoms with Gasteiger partial charge in [-0.1, -0.05) is 13.8 Å². The summed E-state index contributed by atoms with van der Waals surface area (Å²) < 4.78 is 19.0. The van der Waals surface area contributed by atoms with Gasteiger partial charge < -0.3 is 15.6 Å². The molecule has 108 valence electrons. The number of halogens is 1. The summed E-state index contributed by atoms with van der Waals surface area (Å²) in [5.41, 5.74) is 6.44. The van der Waals surface area contributed by atoms with E-state index in [1.54, 1.807) is 13.0 Å². The summed E-state index contributed by atoms with van der Waals surface area (Å²) >= 11 is 0. The van der Waals surface area contributed by atoms with E-state index in [2.05, 4.69) is 0 Å². The minimum Gasteiger partial charge on any atom is -0.493 e. The molecule has 0 amide bonds. The van der Waals surface area contributed by atoms with Crippen molar-refractivity contribution in [2.24, 2.45) is 5.73 Å². The van der Waals surface area contributed by atoms with E-state index in [1.165, 1.54) is 12.1 Å². The predicted octanol–water partition coefficient (Wildman–Crippen LogP) is 2.82. The van der Waals surface area contributed by atoms with E-state index in [4.69, 9.17) is 10.5 Å². The van der Waals surface area contributed by atoms with E-state index in [1.807, 2.05) is 13.8 Å². The lowest BCUT2D eigenvalue weighted by atomic mass is 9.92. The van der Waals surface area contributed by atoms with Gasteiger partial charge in [-0.2, -0.15) is 0 Å². The average Bonchev–Trinajstić information content (AvgIpc) is 2.36. The molecule has 19 heavy (non-hydrogen) atoms. The molecule has 3 N–H and O–H groups in total. The van der Waals surface area contributed by atoms with E-state index in [-0.39, 0.29) is 17.8 Å². The van der Waals surface area contributed by atoms with Crippen LogP contribution in [0.5, 0.6) is 5.75 Å². The molecular formula is C15H24FNO2. The van der Waals surface area contributed by atoms with Gasteiger partial charge in [0, 0.05) is 6.04 Å². The van der Waals surface area contributed by atoms with Crippen molar-refractivity contribution in [3.05, 3.63) is 29.6 Å². The van der Waals surface area contributed by atoms with Crippen molar-refractivity contribution >= 4 is 0 Å². The molecule has 0 aromatic heterocycles. The van der Waals surface area contributed by atoms with Crippen molar-refractivity contribution in [1.29, 1.82) is 0 Å². The van der Waals surface area contributed by atoms with Crippen LogP contribution < -0.4 is 10.5 Å².